The second kappa shape index (κ2) is 10.4. The number of fused-ring (bicyclic) bond motifs is 1. The van der Waals surface area contributed by atoms with Crippen LogP contribution in [0.5, 0.6) is 11.5 Å². The van der Waals surface area contributed by atoms with Crippen molar-refractivity contribution in [3.05, 3.63) is 77.4 Å². The molecule has 2 aromatic carbocycles. The third kappa shape index (κ3) is 5.60. The zero-order valence-electron chi connectivity index (χ0n) is 19.7. The molecule has 1 aliphatic carbocycles. The average Bonchev–Trinajstić information content (AvgIpc) is 3.21. The van der Waals surface area contributed by atoms with E-state index in [2.05, 4.69) is 35.0 Å². The molecule has 5 rings (SSSR count). The van der Waals surface area contributed by atoms with E-state index < -0.39 is 5.97 Å². The molecule has 7 heteroatoms. The standard InChI is InChI=1S/C28H28ClN3O3/c1-19-14-15-32-25(16-19)31-27(28(32)30-22-7-3-2-4-8-22)20-6-5-9-24(17-20)35-26(33)18-34-23-12-10-21(29)11-13-23/h5-6,9-17,22,30H,2-4,7-8,18H2,1H3. The normalized spacial score (nSPS) is 14.1. The molecule has 0 saturated heterocycles. The van der Waals surface area contributed by atoms with Gasteiger partial charge in [0.05, 0.1) is 0 Å². The van der Waals surface area contributed by atoms with Crippen molar-refractivity contribution in [3.63, 3.8) is 0 Å². The first-order chi connectivity index (χ1) is 17.0. The van der Waals surface area contributed by atoms with Gasteiger partial charge in [-0.05, 0) is 73.9 Å². The topological polar surface area (TPSA) is 64.9 Å². The van der Waals surface area contributed by atoms with Crippen molar-refractivity contribution in [2.24, 2.45) is 0 Å². The van der Waals surface area contributed by atoms with Crippen LogP contribution in [-0.2, 0) is 4.79 Å². The molecule has 0 aliphatic heterocycles. The minimum atomic E-state index is -0.483. The predicted octanol–water partition coefficient (Wildman–Crippen LogP) is 6.69. The van der Waals surface area contributed by atoms with Crippen molar-refractivity contribution < 1.29 is 14.3 Å². The first-order valence-electron chi connectivity index (χ1n) is 12.0. The summed E-state index contributed by atoms with van der Waals surface area (Å²) in [5.74, 6) is 1.49. The molecule has 1 N–H and O–H groups in total. The number of pyridine rings is 1. The Kier molecular flexibility index (Phi) is 6.91. The molecule has 180 valence electrons. The summed E-state index contributed by atoms with van der Waals surface area (Å²) >= 11 is 5.89. The van der Waals surface area contributed by atoms with E-state index in [1.165, 1.54) is 19.3 Å². The van der Waals surface area contributed by atoms with Crippen molar-refractivity contribution in [3.8, 4) is 22.8 Å². The number of anilines is 1. The highest BCUT2D eigenvalue weighted by atomic mass is 35.5. The van der Waals surface area contributed by atoms with Gasteiger partial charge in [0.25, 0.3) is 0 Å². The maximum absolute atomic E-state index is 12.4. The minimum Gasteiger partial charge on any atom is -0.482 e. The summed E-state index contributed by atoms with van der Waals surface area (Å²) in [6, 6.07) is 18.9. The third-order valence-electron chi connectivity index (χ3n) is 6.24. The van der Waals surface area contributed by atoms with E-state index in [4.69, 9.17) is 26.1 Å². The zero-order valence-corrected chi connectivity index (χ0v) is 20.4. The van der Waals surface area contributed by atoms with Crippen LogP contribution < -0.4 is 14.8 Å². The number of hydrogen-bond donors (Lipinski definition) is 1. The summed E-state index contributed by atoms with van der Waals surface area (Å²) in [7, 11) is 0. The Labute approximate surface area is 209 Å². The molecule has 6 nitrogen and oxygen atoms in total. The van der Waals surface area contributed by atoms with Crippen molar-refractivity contribution in [2.45, 2.75) is 45.1 Å². The molecule has 1 saturated carbocycles. The number of nitrogens with zero attached hydrogens (tertiary/aromatic N) is 2. The Morgan fingerprint density at radius 1 is 1.06 bits per heavy atom. The zero-order chi connectivity index (χ0) is 24.2. The molecule has 0 unspecified atom stereocenters. The molecule has 0 radical (unpaired) electrons. The van der Waals surface area contributed by atoms with Gasteiger partial charge in [-0.1, -0.05) is 43.0 Å². The van der Waals surface area contributed by atoms with E-state index in [1.54, 1.807) is 30.3 Å². The molecule has 1 fully saturated rings. The number of esters is 1. The van der Waals surface area contributed by atoms with E-state index in [0.29, 0.717) is 22.6 Å². The van der Waals surface area contributed by atoms with Gasteiger partial charge >= 0.3 is 5.97 Å². The van der Waals surface area contributed by atoms with Crippen LogP contribution in [-0.4, -0.2) is 28.0 Å². The lowest BCUT2D eigenvalue weighted by atomic mass is 9.95. The summed E-state index contributed by atoms with van der Waals surface area (Å²) in [6.07, 6.45) is 8.16. The van der Waals surface area contributed by atoms with Gasteiger partial charge in [0, 0.05) is 22.8 Å². The lowest BCUT2D eigenvalue weighted by Gasteiger charge is -2.24. The highest BCUT2D eigenvalue weighted by Crippen LogP contribution is 2.33. The Bertz CT molecular complexity index is 1330. The molecule has 0 spiro atoms. The third-order valence-corrected chi connectivity index (χ3v) is 6.49. The molecule has 0 atom stereocenters. The highest BCUT2D eigenvalue weighted by molar-refractivity contribution is 6.30. The number of hydrogen-bond acceptors (Lipinski definition) is 5. The van der Waals surface area contributed by atoms with Gasteiger partial charge in [-0.2, -0.15) is 0 Å². The SMILES string of the molecule is Cc1ccn2c(NC3CCCCC3)c(-c3cccc(OC(=O)COc4ccc(Cl)cc4)c3)nc2c1. The number of halogens is 1. The summed E-state index contributed by atoms with van der Waals surface area (Å²) in [5, 5.41) is 4.36. The fraction of sp³-hybridized carbons (Fsp3) is 0.286. The number of nitrogens with one attached hydrogen (secondary N) is 1. The molecule has 4 aromatic rings. The Balaban J connectivity index is 1.37. The van der Waals surface area contributed by atoms with Gasteiger partial charge in [0.2, 0.25) is 0 Å². The number of aryl methyl sites for hydroxylation is 1. The largest absolute Gasteiger partial charge is 0.482 e. The van der Waals surface area contributed by atoms with E-state index in [0.717, 1.165) is 41.1 Å². The number of benzene rings is 2. The molecule has 1 aliphatic rings. The second-order valence-corrected chi connectivity index (χ2v) is 9.40. The summed E-state index contributed by atoms with van der Waals surface area (Å²) < 4.78 is 13.2. The van der Waals surface area contributed by atoms with Crippen LogP contribution in [0.15, 0.2) is 66.9 Å². The summed E-state index contributed by atoms with van der Waals surface area (Å²) in [4.78, 5) is 17.3. The van der Waals surface area contributed by atoms with Crippen LogP contribution in [0.25, 0.3) is 16.9 Å². The monoisotopic (exact) mass is 489 g/mol. The Hall–Kier alpha value is -3.51. The molecule has 35 heavy (non-hydrogen) atoms. The number of ether oxygens (including phenoxy) is 2. The van der Waals surface area contributed by atoms with Crippen molar-refractivity contribution in [2.75, 3.05) is 11.9 Å². The summed E-state index contributed by atoms with van der Waals surface area (Å²) in [6.45, 7) is 1.86. The van der Waals surface area contributed by atoms with Gasteiger partial charge in [-0.15, -0.1) is 0 Å². The molecule has 0 bridgehead atoms. The van der Waals surface area contributed by atoms with E-state index in [1.807, 2.05) is 18.2 Å². The molecular weight excluding hydrogens is 462 g/mol. The van der Waals surface area contributed by atoms with Crippen molar-refractivity contribution in [1.29, 1.82) is 0 Å². The fourth-order valence-corrected chi connectivity index (χ4v) is 4.59. The molecular formula is C28H28ClN3O3. The smallest absolute Gasteiger partial charge is 0.349 e. The predicted molar refractivity (Wildman–Crippen MR) is 138 cm³/mol. The lowest BCUT2D eigenvalue weighted by Crippen LogP contribution is -2.23. The quantitative estimate of drug-likeness (QED) is 0.231. The van der Waals surface area contributed by atoms with Gasteiger partial charge in [-0.3, -0.25) is 4.40 Å². The maximum Gasteiger partial charge on any atom is 0.349 e. The molecule has 0 amide bonds. The van der Waals surface area contributed by atoms with E-state index in [9.17, 15) is 4.79 Å². The number of carbonyl (C=O) groups is 1. The first-order valence-corrected chi connectivity index (χ1v) is 12.4. The van der Waals surface area contributed by atoms with Gasteiger partial charge in [-0.25, -0.2) is 9.78 Å². The average molecular weight is 490 g/mol. The van der Waals surface area contributed by atoms with Crippen LogP contribution in [0.4, 0.5) is 5.82 Å². The number of carbonyl (C=O) groups excluding carboxylic acids is 1. The van der Waals surface area contributed by atoms with Crippen LogP contribution >= 0.6 is 11.6 Å². The highest BCUT2D eigenvalue weighted by Gasteiger charge is 2.20. The Morgan fingerprint density at radius 3 is 2.66 bits per heavy atom. The van der Waals surface area contributed by atoms with Crippen LogP contribution in [0, 0.1) is 6.92 Å². The summed E-state index contributed by atoms with van der Waals surface area (Å²) in [5.41, 5.74) is 3.77. The fourth-order valence-electron chi connectivity index (χ4n) is 4.47. The van der Waals surface area contributed by atoms with Crippen molar-refractivity contribution in [1.82, 2.24) is 9.38 Å². The second-order valence-electron chi connectivity index (χ2n) is 8.97. The minimum absolute atomic E-state index is 0.200. The van der Waals surface area contributed by atoms with E-state index >= 15 is 0 Å². The molecule has 2 heterocycles. The first kappa shape index (κ1) is 23.2. The van der Waals surface area contributed by atoms with Crippen LogP contribution in [0.3, 0.4) is 0 Å². The number of rotatable bonds is 7. The van der Waals surface area contributed by atoms with Crippen LogP contribution in [0.2, 0.25) is 5.02 Å². The van der Waals surface area contributed by atoms with Crippen LogP contribution in [0.1, 0.15) is 37.7 Å². The van der Waals surface area contributed by atoms with E-state index in [-0.39, 0.29) is 6.61 Å². The maximum atomic E-state index is 12.4. The van der Waals surface area contributed by atoms with Gasteiger partial charge in [0.15, 0.2) is 6.61 Å². The number of aromatic nitrogens is 2. The number of imidazole rings is 1. The van der Waals surface area contributed by atoms with Gasteiger partial charge in [0.1, 0.15) is 28.7 Å². The van der Waals surface area contributed by atoms with Gasteiger partial charge < -0.3 is 14.8 Å². The lowest BCUT2D eigenvalue weighted by molar-refractivity contribution is -0.136. The Morgan fingerprint density at radius 2 is 1.86 bits per heavy atom. The van der Waals surface area contributed by atoms with Crippen molar-refractivity contribution >= 4 is 29.0 Å². The molecule has 2 aromatic heterocycles.